The molecule has 0 N–H and O–H groups in total. The van der Waals surface area contributed by atoms with Crippen LogP contribution >= 0.6 is 11.3 Å². The third-order valence-electron chi connectivity index (χ3n) is 4.42. The van der Waals surface area contributed by atoms with Crippen molar-refractivity contribution < 1.29 is 0 Å². The van der Waals surface area contributed by atoms with E-state index < -0.39 is 0 Å². The highest BCUT2D eigenvalue weighted by Gasteiger charge is 2.12. The molecule has 2 aromatic carbocycles. The van der Waals surface area contributed by atoms with Crippen LogP contribution in [-0.2, 0) is 13.0 Å². The summed E-state index contributed by atoms with van der Waals surface area (Å²) in [7, 11) is 0. The predicted octanol–water partition coefficient (Wildman–Crippen LogP) is 3.84. The Labute approximate surface area is 142 Å². The van der Waals surface area contributed by atoms with Gasteiger partial charge in [0.25, 0.3) is 0 Å². The molecule has 0 bridgehead atoms. The lowest BCUT2D eigenvalue weighted by Crippen LogP contribution is -2.01. The van der Waals surface area contributed by atoms with Crippen LogP contribution in [0.1, 0.15) is 10.8 Å². The molecule has 0 aliphatic rings. The van der Waals surface area contributed by atoms with Gasteiger partial charge in [-0.2, -0.15) is 9.61 Å². The van der Waals surface area contributed by atoms with Crippen LogP contribution < -0.4 is 0 Å². The highest BCUT2D eigenvalue weighted by atomic mass is 32.1. The quantitative estimate of drug-likeness (QED) is 0.504. The molecule has 118 valence electrons. The van der Waals surface area contributed by atoms with Gasteiger partial charge in [0, 0.05) is 34.8 Å². The van der Waals surface area contributed by atoms with Crippen molar-refractivity contribution >= 4 is 38.1 Å². The summed E-state index contributed by atoms with van der Waals surface area (Å²) >= 11 is 1.62. The molecule has 3 heterocycles. The number of hydrogen-bond donors (Lipinski definition) is 0. The fourth-order valence-corrected chi connectivity index (χ4v) is 4.17. The summed E-state index contributed by atoms with van der Waals surface area (Å²) in [5.41, 5.74) is 2.55. The van der Waals surface area contributed by atoms with Gasteiger partial charge in [0.2, 0.25) is 4.96 Å². The number of aryl methyl sites for hydroxylation is 3. The summed E-state index contributed by atoms with van der Waals surface area (Å²) < 4.78 is 4.21. The van der Waals surface area contributed by atoms with E-state index in [1.165, 1.54) is 21.8 Å². The summed E-state index contributed by atoms with van der Waals surface area (Å²) in [4.78, 5) is 0.865. The first kappa shape index (κ1) is 13.7. The standard InChI is InChI=1S/C18H15N5S/c1-12-19-20-18-23(12)21-17(24-18)10-11-22-15-8-4-2-6-13(15)14-7-3-5-9-16(14)22/h2-9H,10-11H2,1H3. The second kappa shape index (κ2) is 5.14. The Balaban J connectivity index is 1.58. The van der Waals surface area contributed by atoms with Gasteiger partial charge in [0.05, 0.1) is 0 Å². The first-order chi connectivity index (χ1) is 11.8. The smallest absolute Gasteiger partial charge is 0.234 e. The third kappa shape index (κ3) is 1.96. The molecule has 0 spiro atoms. The maximum atomic E-state index is 4.63. The Hall–Kier alpha value is -2.73. The minimum atomic E-state index is 0.837. The largest absolute Gasteiger partial charge is 0.340 e. The number of nitrogens with zero attached hydrogens (tertiary/aromatic N) is 5. The van der Waals surface area contributed by atoms with Crippen LogP contribution in [0.15, 0.2) is 48.5 Å². The van der Waals surface area contributed by atoms with Crippen LogP contribution in [0.4, 0.5) is 0 Å². The van der Waals surface area contributed by atoms with Crippen molar-refractivity contribution in [2.24, 2.45) is 0 Å². The SMILES string of the molecule is Cc1nnc2sc(CCn3c4ccccc4c4ccccc43)nn12. The number of aromatic nitrogens is 5. The molecule has 0 amide bonds. The fraction of sp³-hybridized carbons (Fsp3) is 0.167. The molecule has 5 nitrogen and oxygen atoms in total. The van der Waals surface area contributed by atoms with Crippen molar-refractivity contribution in [2.75, 3.05) is 0 Å². The Morgan fingerprint density at radius 1 is 0.917 bits per heavy atom. The van der Waals surface area contributed by atoms with Gasteiger partial charge >= 0.3 is 0 Å². The Kier molecular flexibility index (Phi) is 2.93. The van der Waals surface area contributed by atoms with E-state index in [1.54, 1.807) is 11.3 Å². The second-order valence-electron chi connectivity index (χ2n) is 5.87. The maximum absolute atomic E-state index is 4.63. The van der Waals surface area contributed by atoms with E-state index in [0.29, 0.717) is 0 Å². The summed E-state index contributed by atoms with van der Waals surface area (Å²) in [5, 5.41) is 16.5. The van der Waals surface area contributed by atoms with Gasteiger partial charge in [0.1, 0.15) is 5.01 Å². The zero-order valence-corrected chi connectivity index (χ0v) is 14.0. The van der Waals surface area contributed by atoms with Gasteiger partial charge in [0.15, 0.2) is 5.82 Å². The van der Waals surface area contributed by atoms with Gasteiger partial charge in [-0.05, 0) is 19.1 Å². The third-order valence-corrected chi connectivity index (χ3v) is 5.38. The molecular weight excluding hydrogens is 318 g/mol. The lowest BCUT2D eigenvalue weighted by atomic mass is 10.2. The topological polar surface area (TPSA) is 48.0 Å². The average molecular weight is 333 g/mol. The van der Waals surface area contributed by atoms with Gasteiger partial charge in [-0.1, -0.05) is 47.7 Å². The van der Waals surface area contributed by atoms with Crippen molar-refractivity contribution in [2.45, 2.75) is 19.9 Å². The van der Waals surface area contributed by atoms with Crippen molar-refractivity contribution in [3.63, 3.8) is 0 Å². The lowest BCUT2D eigenvalue weighted by molar-refractivity contribution is 0.724. The summed E-state index contributed by atoms with van der Waals surface area (Å²) in [6.45, 7) is 2.83. The fourth-order valence-electron chi connectivity index (χ4n) is 3.31. The molecule has 6 heteroatoms. The molecule has 0 atom stereocenters. The molecule has 0 aliphatic carbocycles. The van der Waals surface area contributed by atoms with Crippen LogP contribution in [0.2, 0.25) is 0 Å². The first-order valence-corrected chi connectivity index (χ1v) is 8.76. The van der Waals surface area contributed by atoms with Crippen LogP contribution in [0.3, 0.4) is 0 Å². The highest BCUT2D eigenvalue weighted by molar-refractivity contribution is 7.16. The number of para-hydroxylation sites is 2. The van der Waals surface area contributed by atoms with Crippen molar-refractivity contribution in [1.29, 1.82) is 0 Å². The van der Waals surface area contributed by atoms with Gasteiger partial charge in [-0.15, -0.1) is 10.2 Å². The highest BCUT2D eigenvalue weighted by Crippen LogP contribution is 2.29. The number of rotatable bonds is 3. The second-order valence-corrected chi connectivity index (χ2v) is 6.91. The molecule has 0 saturated heterocycles. The maximum Gasteiger partial charge on any atom is 0.234 e. The van der Waals surface area contributed by atoms with Crippen molar-refractivity contribution in [3.8, 4) is 0 Å². The number of hydrogen-bond acceptors (Lipinski definition) is 4. The molecule has 0 radical (unpaired) electrons. The zero-order chi connectivity index (χ0) is 16.1. The van der Waals surface area contributed by atoms with E-state index in [4.69, 9.17) is 0 Å². The zero-order valence-electron chi connectivity index (χ0n) is 13.2. The molecule has 0 fully saturated rings. The van der Waals surface area contributed by atoms with Crippen molar-refractivity contribution in [1.82, 2.24) is 24.4 Å². The first-order valence-electron chi connectivity index (χ1n) is 7.95. The van der Waals surface area contributed by atoms with Gasteiger partial charge < -0.3 is 4.57 Å². The van der Waals surface area contributed by atoms with E-state index >= 15 is 0 Å². The lowest BCUT2D eigenvalue weighted by Gasteiger charge is -2.05. The molecule has 3 aromatic heterocycles. The Bertz CT molecular complexity index is 1130. The van der Waals surface area contributed by atoms with Crippen LogP contribution in [-0.4, -0.2) is 24.4 Å². The molecule has 5 aromatic rings. The minimum Gasteiger partial charge on any atom is -0.340 e. The summed E-state index contributed by atoms with van der Waals surface area (Å²) in [5.74, 6) is 0.837. The van der Waals surface area contributed by atoms with E-state index in [0.717, 1.165) is 28.8 Å². The monoisotopic (exact) mass is 333 g/mol. The minimum absolute atomic E-state index is 0.837. The molecule has 0 aliphatic heterocycles. The van der Waals surface area contributed by atoms with Crippen LogP contribution in [0.25, 0.3) is 26.8 Å². The molecule has 0 unspecified atom stereocenters. The van der Waals surface area contributed by atoms with E-state index in [1.807, 2.05) is 11.4 Å². The molecule has 0 saturated carbocycles. The number of benzene rings is 2. The van der Waals surface area contributed by atoms with Crippen LogP contribution in [0, 0.1) is 6.92 Å². The van der Waals surface area contributed by atoms with E-state index in [-0.39, 0.29) is 0 Å². The van der Waals surface area contributed by atoms with Crippen molar-refractivity contribution in [3.05, 3.63) is 59.4 Å². The summed E-state index contributed by atoms with van der Waals surface area (Å²) in [6, 6.07) is 17.2. The average Bonchev–Trinajstić information content (AvgIpc) is 3.26. The van der Waals surface area contributed by atoms with E-state index in [9.17, 15) is 0 Å². The Morgan fingerprint density at radius 2 is 1.58 bits per heavy atom. The molecular formula is C18H15N5S. The van der Waals surface area contributed by atoms with Crippen LogP contribution in [0.5, 0.6) is 0 Å². The van der Waals surface area contributed by atoms with Gasteiger partial charge in [-0.25, -0.2) is 0 Å². The molecule has 5 rings (SSSR count). The van der Waals surface area contributed by atoms with Gasteiger partial charge in [-0.3, -0.25) is 0 Å². The Morgan fingerprint density at radius 3 is 2.25 bits per heavy atom. The number of fused-ring (bicyclic) bond motifs is 4. The predicted molar refractivity (Wildman–Crippen MR) is 96.5 cm³/mol. The molecule has 24 heavy (non-hydrogen) atoms. The van der Waals surface area contributed by atoms with E-state index in [2.05, 4.69) is 68.4 Å². The summed E-state index contributed by atoms with van der Waals surface area (Å²) in [6.07, 6.45) is 0.885. The normalized spacial score (nSPS) is 11.9.